The van der Waals surface area contributed by atoms with E-state index in [1.165, 1.54) is 16.1 Å². The number of benzene rings is 3. The molecule has 0 saturated carbocycles. The van der Waals surface area contributed by atoms with Gasteiger partial charge in [-0.2, -0.15) is 0 Å². The van der Waals surface area contributed by atoms with Gasteiger partial charge in [0.2, 0.25) is 17.9 Å². The van der Waals surface area contributed by atoms with E-state index in [1.54, 1.807) is 54.6 Å². The van der Waals surface area contributed by atoms with Crippen LogP contribution in [0, 0.1) is 6.92 Å². The van der Waals surface area contributed by atoms with Gasteiger partial charge in [0.1, 0.15) is 0 Å². The number of ether oxygens (including phenoxy) is 1. The summed E-state index contributed by atoms with van der Waals surface area (Å²) in [7, 11) is -3.72. The molecular formula is C28H26N2O5S. The number of fused-ring (bicyclic) bond motifs is 2. The molecule has 1 unspecified atom stereocenters. The van der Waals surface area contributed by atoms with E-state index in [0.717, 1.165) is 16.7 Å². The summed E-state index contributed by atoms with van der Waals surface area (Å²) in [5.74, 6) is -0.524. The lowest BCUT2D eigenvalue weighted by Gasteiger charge is -2.32. The molecule has 0 aliphatic carbocycles. The lowest BCUT2D eigenvalue weighted by Crippen LogP contribution is -2.41. The van der Waals surface area contributed by atoms with Crippen molar-refractivity contribution in [2.24, 2.45) is 0 Å². The van der Waals surface area contributed by atoms with E-state index in [-0.39, 0.29) is 29.7 Å². The van der Waals surface area contributed by atoms with Crippen molar-refractivity contribution in [2.45, 2.75) is 31.4 Å². The van der Waals surface area contributed by atoms with E-state index in [1.807, 2.05) is 31.2 Å². The predicted octanol–water partition coefficient (Wildman–Crippen LogP) is 4.57. The van der Waals surface area contributed by atoms with Crippen LogP contribution in [0.3, 0.4) is 0 Å². The quantitative estimate of drug-likeness (QED) is 0.510. The number of carbonyl (C=O) groups is 2. The lowest BCUT2D eigenvalue weighted by atomic mass is 9.97. The molecule has 0 spiro atoms. The lowest BCUT2D eigenvalue weighted by molar-refractivity contribution is -0.118. The molecule has 8 heteroatoms. The number of anilines is 2. The molecule has 0 radical (unpaired) electrons. The van der Waals surface area contributed by atoms with Crippen LogP contribution in [0.5, 0.6) is 0 Å². The van der Waals surface area contributed by atoms with E-state index < -0.39 is 16.3 Å². The Morgan fingerprint density at radius 2 is 1.61 bits per heavy atom. The number of aryl methyl sites for hydroxylation is 1. The molecule has 0 N–H and O–H groups in total. The summed E-state index contributed by atoms with van der Waals surface area (Å²) in [6.45, 7) is 3.71. The van der Waals surface area contributed by atoms with Crippen molar-refractivity contribution in [1.29, 1.82) is 0 Å². The van der Waals surface area contributed by atoms with Crippen LogP contribution < -0.4 is 9.21 Å². The first kappa shape index (κ1) is 24.0. The second-order valence-corrected chi connectivity index (χ2v) is 10.7. The molecule has 0 bridgehead atoms. The molecule has 1 atom stereocenters. The number of carbonyl (C=O) groups excluding carboxylic acids is 2. The highest BCUT2D eigenvalue weighted by Crippen LogP contribution is 2.38. The van der Waals surface area contributed by atoms with Crippen LogP contribution in [0.4, 0.5) is 11.4 Å². The zero-order chi connectivity index (χ0) is 25.4. The van der Waals surface area contributed by atoms with E-state index in [0.29, 0.717) is 23.4 Å². The van der Waals surface area contributed by atoms with Crippen LogP contribution in [0.2, 0.25) is 0 Å². The Hall–Kier alpha value is -3.75. The highest BCUT2D eigenvalue weighted by atomic mass is 32.2. The van der Waals surface area contributed by atoms with E-state index >= 15 is 0 Å². The first-order chi connectivity index (χ1) is 17.3. The fourth-order valence-corrected chi connectivity index (χ4v) is 6.22. The van der Waals surface area contributed by atoms with Crippen molar-refractivity contribution in [3.8, 4) is 0 Å². The third-order valence-corrected chi connectivity index (χ3v) is 8.35. The van der Waals surface area contributed by atoms with Gasteiger partial charge in [0.25, 0.3) is 10.0 Å². The second-order valence-electron chi connectivity index (χ2n) is 8.84. The predicted molar refractivity (Wildman–Crippen MR) is 138 cm³/mol. The maximum Gasteiger partial charge on any atom is 0.264 e. The monoisotopic (exact) mass is 502 g/mol. The van der Waals surface area contributed by atoms with Gasteiger partial charge in [0.05, 0.1) is 22.9 Å². The van der Waals surface area contributed by atoms with Gasteiger partial charge in [0.15, 0.2) is 0 Å². The number of ketones is 1. The fourth-order valence-electron chi connectivity index (χ4n) is 4.73. The topological polar surface area (TPSA) is 84.0 Å². The maximum absolute atomic E-state index is 13.4. The Morgan fingerprint density at radius 1 is 0.972 bits per heavy atom. The third kappa shape index (κ3) is 4.12. The number of sulfonamides is 1. The average molecular weight is 503 g/mol. The molecule has 184 valence electrons. The molecule has 0 fully saturated rings. The standard InChI is InChI=1S/C28H26N2O5S/c1-19-11-13-22(14-12-19)36(33,34)29-17-15-21(23-7-3-5-9-25(23)29)16-18-35-28-27(32)24-8-4-6-10-26(24)30(28)20(2)31/h3-14,16,28H,15,17-18H2,1-2H3/b21-16+. The molecule has 2 aliphatic rings. The highest BCUT2D eigenvalue weighted by molar-refractivity contribution is 7.92. The zero-order valence-electron chi connectivity index (χ0n) is 20.0. The van der Waals surface area contributed by atoms with Gasteiger partial charge >= 0.3 is 0 Å². The van der Waals surface area contributed by atoms with Gasteiger partial charge in [-0.1, -0.05) is 54.1 Å². The zero-order valence-corrected chi connectivity index (χ0v) is 20.9. The third-order valence-electron chi connectivity index (χ3n) is 6.52. The molecule has 36 heavy (non-hydrogen) atoms. The summed E-state index contributed by atoms with van der Waals surface area (Å²) in [4.78, 5) is 26.8. The van der Waals surface area contributed by atoms with E-state index in [4.69, 9.17) is 4.74 Å². The van der Waals surface area contributed by atoms with Crippen molar-refractivity contribution < 1.29 is 22.7 Å². The summed E-state index contributed by atoms with van der Waals surface area (Å²) in [5.41, 5.74) is 4.33. The Morgan fingerprint density at radius 3 is 2.31 bits per heavy atom. The number of nitrogens with zero attached hydrogens (tertiary/aromatic N) is 2. The van der Waals surface area contributed by atoms with Gasteiger partial charge in [0, 0.05) is 24.6 Å². The van der Waals surface area contributed by atoms with Crippen molar-refractivity contribution in [3.05, 3.63) is 95.6 Å². The van der Waals surface area contributed by atoms with E-state index in [9.17, 15) is 18.0 Å². The highest BCUT2D eigenvalue weighted by Gasteiger charge is 2.40. The SMILES string of the molecule is CC(=O)N1c2ccccc2C(=O)C1OC/C=C1\CCN(S(=O)(=O)c2ccc(C)cc2)c2ccccc21. The number of Topliss-reactive ketones (excluding diaryl/α,β-unsaturated/α-hetero) is 1. The smallest absolute Gasteiger partial charge is 0.264 e. The summed E-state index contributed by atoms with van der Waals surface area (Å²) >= 11 is 0. The van der Waals surface area contributed by atoms with Gasteiger partial charge in [-0.15, -0.1) is 0 Å². The fraction of sp³-hybridized carbons (Fsp3) is 0.214. The largest absolute Gasteiger partial charge is 0.346 e. The normalized spacial score (nSPS) is 18.3. The van der Waals surface area contributed by atoms with Crippen LogP contribution in [0.15, 0.2) is 83.8 Å². The molecule has 7 nitrogen and oxygen atoms in total. The van der Waals surface area contributed by atoms with Crippen molar-refractivity contribution in [3.63, 3.8) is 0 Å². The van der Waals surface area contributed by atoms with Crippen molar-refractivity contribution in [1.82, 2.24) is 0 Å². The molecule has 1 amide bonds. The summed E-state index contributed by atoms with van der Waals surface area (Å²) in [6.07, 6.45) is 1.33. The van der Waals surface area contributed by atoms with Crippen molar-refractivity contribution >= 4 is 38.7 Å². The first-order valence-corrected chi connectivity index (χ1v) is 13.2. The number of hydrogen-bond donors (Lipinski definition) is 0. The Labute approximate surface area is 210 Å². The molecule has 5 rings (SSSR count). The minimum absolute atomic E-state index is 0.0998. The summed E-state index contributed by atoms with van der Waals surface area (Å²) in [5, 5.41) is 0. The summed E-state index contributed by atoms with van der Waals surface area (Å²) < 4.78 is 34.2. The van der Waals surface area contributed by atoms with Crippen LogP contribution in [0.25, 0.3) is 5.57 Å². The van der Waals surface area contributed by atoms with Crippen LogP contribution in [-0.4, -0.2) is 39.5 Å². The summed E-state index contributed by atoms with van der Waals surface area (Å²) in [6, 6.07) is 21.2. The van der Waals surface area contributed by atoms with Gasteiger partial charge < -0.3 is 4.74 Å². The Balaban J connectivity index is 1.39. The minimum atomic E-state index is -3.72. The molecule has 3 aromatic rings. The molecule has 0 aromatic heterocycles. The van der Waals surface area contributed by atoms with Gasteiger partial charge in [-0.05, 0) is 49.2 Å². The Bertz CT molecular complexity index is 1480. The molecule has 2 heterocycles. The van der Waals surface area contributed by atoms with Crippen LogP contribution >= 0.6 is 0 Å². The minimum Gasteiger partial charge on any atom is -0.346 e. The molecule has 3 aromatic carbocycles. The second kappa shape index (κ2) is 9.37. The van der Waals surface area contributed by atoms with Crippen molar-refractivity contribution in [2.75, 3.05) is 22.4 Å². The maximum atomic E-state index is 13.4. The number of para-hydroxylation sites is 2. The number of rotatable bonds is 5. The van der Waals surface area contributed by atoms with Gasteiger partial charge in [-0.3, -0.25) is 18.8 Å². The van der Waals surface area contributed by atoms with Gasteiger partial charge in [-0.25, -0.2) is 8.42 Å². The molecular weight excluding hydrogens is 476 g/mol. The van der Waals surface area contributed by atoms with E-state index in [2.05, 4.69) is 0 Å². The first-order valence-electron chi connectivity index (χ1n) is 11.7. The number of hydrogen-bond acceptors (Lipinski definition) is 5. The molecule has 2 aliphatic heterocycles. The van der Waals surface area contributed by atoms with Crippen LogP contribution in [0.1, 0.15) is 34.8 Å². The Kier molecular flexibility index (Phi) is 6.24. The number of amides is 1. The molecule has 0 saturated heterocycles. The average Bonchev–Trinajstić information content (AvgIpc) is 3.16. The van der Waals surface area contributed by atoms with Crippen LogP contribution in [-0.2, 0) is 19.6 Å².